The van der Waals surface area contributed by atoms with Gasteiger partial charge in [-0.25, -0.2) is 4.39 Å². The zero-order valence-electron chi connectivity index (χ0n) is 10.3. The minimum atomic E-state index is -0.853. The van der Waals surface area contributed by atoms with Crippen molar-refractivity contribution in [2.75, 3.05) is 0 Å². The molecule has 1 unspecified atom stereocenters. The maximum atomic E-state index is 13.5. The molecule has 1 atom stereocenters. The standard InChI is InChI=1S/C15H12FNOS/c1-9-2-3-10(6-12(9)16)15(18)11-7-14-13(17-8-11)4-5-19-14/h2-8,15,18H,1H3. The number of halogens is 1. The molecule has 4 heteroatoms. The Morgan fingerprint density at radius 1 is 1.21 bits per heavy atom. The van der Waals surface area contributed by atoms with Crippen LogP contribution in [0.4, 0.5) is 4.39 Å². The third kappa shape index (κ3) is 2.25. The molecule has 0 saturated carbocycles. The van der Waals surface area contributed by atoms with Crippen LogP contribution in [0.5, 0.6) is 0 Å². The number of aryl methyl sites for hydroxylation is 1. The number of fused-ring (bicyclic) bond motifs is 1. The molecule has 0 aliphatic carbocycles. The van der Waals surface area contributed by atoms with Crippen molar-refractivity contribution in [3.63, 3.8) is 0 Å². The summed E-state index contributed by atoms with van der Waals surface area (Å²) in [6.45, 7) is 1.70. The number of rotatable bonds is 2. The van der Waals surface area contributed by atoms with E-state index in [0.29, 0.717) is 16.7 Å². The lowest BCUT2D eigenvalue weighted by Gasteiger charge is -2.12. The first-order valence-corrected chi connectivity index (χ1v) is 6.80. The van der Waals surface area contributed by atoms with E-state index in [1.165, 1.54) is 6.07 Å². The molecule has 1 N–H and O–H groups in total. The average Bonchev–Trinajstić information content (AvgIpc) is 2.88. The maximum Gasteiger partial charge on any atom is 0.126 e. The predicted octanol–water partition coefficient (Wildman–Crippen LogP) is 3.83. The Balaban J connectivity index is 2.01. The molecule has 0 bridgehead atoms. The lowest BCUT2D eigenvalue weighted by molar-refractivity contribution is 0.219. The second kappa shape index (κ2) is 4.72. The number of aliphatic hydroxyl groups is 1. The van der Waals surface area contributed by atoms with Crippen molar-refractivity contribution in [3.05, 3.63) is 64.4 Å². The molecule has 0 radical (unpaired) electrons. The Hall–Kier alpha value is -1.78. The van der Waals surface area contributed by atoms with E-state index in [2.05, 4.69) is 4.98 Å². The number of pyridine rings is 1. The number of aliphatic hydroxyl groups excluding tert-OH is 1. The van der Waals surface area contributed by atoms with Crippen LogP contribution in [0.1, 0.15) is 22.8 Å². The summed E-state index contributed by atoms with van der Waals surface area (Å²) < 4.78 is 14.6. The molecule has 0 aliphatic rings. The number of thiophene rings is 1. The lowest BCUT2D eigenvalue weighted by Crippen LogP contribution is -2.01. The largest absolute Gasteiger partial charge is 0.384 e. The third-order valence-electron chi connectivity index (χ3n) is 3.15. The van der Waals surface area contributed by atoms with E-state index < -0.39 is 6.10 Å². The van der Waals surface area contributed by atoms with Crippen LogP contribution in [0, 0.1) is 12.7 Å². The fourth-order valence-electron chi connectivity index (χ4n) is 1.98. The van der Waals surface area contributed by atoms with E-state index in [1.54, 1.807) is 36.6 Å². The van der Waals surface area contributed by atoms with E-state index in [1.807, 2.05) is 17.5 Å². The molecule has 0 amide bonds. The number of hydrogen-bond donors (Lipinski definition) is 1. The van der Waals surface area contributed by atoms with Crippen molar-refractivity contribution >= 4 is 21.6 Å². The molecule has 19 heavy (non-hydrogen) atoms. The molecule has 96 valence electrons. The van der Waals surface area contributed by atoms with Crippen LogP contribution in [0.15, 0.2) is 41.9 Å². The highest BCUT2D eigenvalue weighted by molar-refractivity contribution is 7.17. The van der Waals surface area contributed by atoms with Crippen LogP contribution < -0.4 is 0 Å². The van der Waals surface area contributed by atoms with Gasteiger partial charge in [0.15, 0.2) is 0 Å². The van der Waals surface area contributed by atoms with Gasteiger partial charge in [-0.05, 0) is 41.6 Å². The lowest BCUT2D eigenvalue weighted by atomic mass is 10.0. The van der Waals surface area contributed by atoms with Crippen molar-refractivity contribution < 1.29 is 9.50 Å². The van der Waals surface area contributed by atoms with Crippen LogP contribution in [-0.2, 0) is 0 Å². The topological polar surface area (TPSA) is 33.1 Å². The normalized spacial score (nSPS) is 12.8. The first kappa shape index (κ1) is 12.3. The third-order valence-corrected chi connectivity index (χ3v) is 4.00. The van der Waals surface area contributed by atoms with Crippen molar-refractivity contribution in [2.24, 2.45) is 0 Å². The first-order chi connectivity index (χ1) is 9.15. The molecule has 2 aromatic heterocycles. The SMILES string of the molecule is Cc1ccc(C(O)c2cnc3ccsc3c2)cc1F. The number of nitrogens with zero attached hydrogens (tertiary/aromatic N) is 1. The van der Waals surface area contributed by atoms with E-state index in [0.717, 1.165) is 10.2 Å². The van der Waals surface area contributed by atoms with Gasteiger partial charge in [-0.15, -0.1) is 11.3 Å². The predicted molar refractivity (Wildman–Crippen MR) is 74.8 cm³/mol. The molecule has 2 nitrogen and oxygen atoms in total. The molecule has 0 fully saturated rings. The molecule has 0 saturated heterocycles. The maximum absolute atomic E-state index is 13.5. The molecule has 0 spiro atoms. The van der Waals surface area contributed by atoms with Crippen molar-refractivity contribution in [1.29, 1.82) is 0 Å². The second-order valence-electron chi connectivity index (χ2n) is 4.48. The molecule has 0 aliphatic heterocycles. The van der Waals surface area contributed by atoms with Gasteiger partial charge in [0.1, 0.15) is 11.9 Å². The summed E-state index contributed by atoms with van der Waals surface area (Å²) in [5.74, 6) is -0.304. The molecular weight excluding hydrogens is 261 g/mol. The quantitative estimate of drug-likeness (QED) is 0.770. The summed E-state index contributed by atoms with van der Waals surface area (Å²) in [6.07, 6.45) is 0.784. The van der Waals surface area contributed by atoms with Crippen LogP contribution in [0.2, 0.25) is 0 Å². The fourth-order valence-corrected chi connectivity index (χ4v) is 2.77. The van der Waals surface area contributed by atoms with E-state index in [4.69, 9.17) is 0 Å². The fraction of sp³-hybridized carbons (Fsp3) is 0.133. The minimum absolute atomic E-state index is 0.304. The minimum Gasteiger partial charge on any atom is -0.384 e. The van der Waals surface area contributed by atoms with Gasteiger partial charge < -0.3 is 5.11 Å². The van der Waals surface area contributed by atoms with Gasteiger partial charge in [0, 0.05) is 11.8 Å². The van der Waals surface area contributed by atoms with E-state index in [-0.39, 0.29) is 5.82 Å². The van der Waals surface area contributed by atoms with E-state index >= 15 is 0 Å². The summed E-state index contributed by atoms with van der Waals surface area (Å²) in [7, 11) is 0. The van der Waals surface area contributed by atoms with Gasteiger partial charge in [-0.1, -0.05) is 12.1 Å². The van der Waals surface area contributed by atoms with E-state index in [9.17, 15) is 9.50 Å². The zero-order valence-corrected chi connectivity index (χ0v) is 11.1. The van der Waals surface area contributed by atoms with Gasteiger partial charge in [0.05, 0.1) is 10.2 Å². The van der Waals surface area contributed by atoms with Crippen LogP contribution >= 0.6 is 11.3 Å². The number of hydrogen-bond acceptors (Lipinski definition) is 3. The highest BCUT2D eigenvalue weighted by Gasteiger charge is 2.13. The summed E-state index contributed by atoms with van der Waals surface area (Å²) in [5.41, 5.74) is 2.71. The van der Waals surface area contributed by atoms with Gasteiger partial charge in [-0.2, -0.15) is 0 Å². The van der Waals surface area contributed by atoms with Crippen LogP contribution in [-0.4, -0.2) is 10.1 Å². The highest BCUT2D eigenvalue weighted by Crippen LogP contribution is 2.27. The first-order valence-electron chi connectivity index (χ1n) is 5.92. The van der Waals surface area contributed by atoms with Crippen LogP contribution in [0.3, 0.4) is 0 Å². The Kier molecular flexibility index (Phi) is 3.05. The van der Waals surface area contributed by atoms with Crippen molar-refractivity contribution in [1.82, 2.24) is 4.98 Å². The summed E-state index contributed by atoms with van der Waals surface area (Å²) >= 11 is 1.57. The average molecular weight is 273 g/mol. The molecule has 3 rings (SSSR count). The summed E-state index contributed by atoms with van der Waals surface area (Å²) in [6, 6.07) is 8.61. The Labute approximate surface area is 114 Å². The van der Waals surface area contributed by atoms with Crippen LogP contribution in [0.25, 0.3) is 10.2 Å². The van der Waals surface area contributed by atoms with Gasteiger partial charge in [0.2, 0.25) is 0 Å². The Bertz CT molecular complexity index is 738. The van der Waals surface area contributed by atoms with Crippen molar-refractivity contribution in [3.8, 4) is 0 Å². The second-order valence-corrected chi connectivity index (χ2v) is 5.43. The highest BCUT2D eigenvalue weighted by atomic mass is 32.1. The molecular formula is C15H12FNOS. The Morgan fingerprint density at radius 2 is 2.05 bits per heavy atom. The Morgan fingerprint density at radius 3 is 2.84 bits per heavy atom. The summed E-state index contributed by atoms with van der Waals surface area (Å²) in [5, 5.41) is 12.3. The smallest absolute Gasteiger partial charge is 0.126 e. The van der Waals surface area contributed by atoms with Gasteiger partial charge in [0.25, 0.3) is 0 Å². The van der Waals surface area contributed by atoms with Crippen molar-refractivity contribution in [2.45, 2.75) is 13.0 Å². The molecule has 1 aromatic carbocycles. The molecule has 3 aromatic rings. The number of aromatic nitrogens is 1. The molecule has 2 heterocycles. The zero-order chi connectivity index (χ0) is 13.4. The number of benzene rings is 1. The summed E-state index contributed by atoms with van der Waals surface area (Å²) in [4.78, 5) is 4.28. The van der Waals surface area contributed by atoms with Gasteiger partial charge in [-0.3, -0.25) is 4.98 Å². The monoisotopic (exact) mass is 273 g/mol. The van der Waals surface area contributed by atoms with Gasteiger partial charge >= 0.3 is 0 Å².